The first kappa shape index (κ1) is 15.0. The lowest BCUT2D eigenvalue weighted by Crippen LogP contribution is -2.46. The molecule has 0 amide bonds. The summed E-state index contributed by atoms with van der Waals surface area (Å²) in [5.41, 5.74) is 2.35. The zero-order valence-corrected chi connectivity index (χ0v) is 14.0. The molecule has 0 spiro atoms. The number of rotatable bonds is 3. The lowest BCUT2D eigenvalue weighted by Gasteiger charge is -2.37. The summed E-state index contributed by atoms with van der Waals surface area (Å²) < 4.78 is 4.47. The van der Waals surface area contributed by atoms with Crippen LogP contribution in [0.4, 0.5) is 0 Å². The summed E-state index contributed by atoms with van der Waals surface area (Å²) in [6.07, 6.45) is 0. The molecule has 0 saturated carbocycles. The van der Waals surface area contributed by atoms with Crippen LogP contribution in [0.2, 0.25) is 5.02 Å². The molecule has 1 fully saturated rings. The third-order valence-electron chi connectivity index (χ3n) is 3.98. The molecule has 3 nitrogen and oxygen atoms in total. The third-order valence-corrected chi connectivity index (χ3v) is 5.15. The molecule has 1 aliphatic rings. The van der Waals surface area contributed by atoms with Gasteiger partial charge in [0.25, 0.3) is 0 Å². The van der Waals surface area contributed by atoms with E-state index in [1.54, 1.807) is 11.5 Å². The van der Waals surface area contributed by atoms with Gasteiger partial charge in [0.05, 0.1) is 11.7 Å². The van der Waals surface area contributed by atoms with Crippen molar-refractivity contribution < 1.29 is 0 Å². The number of likely N-dealkylation sites (N-methyl/N-ethyl adjacent to an activating group) is 1. The molecule has 112 valence electrons. The van der Waals surface area contributed by atoms with Crippen LogP contribution in [0, 0.1) is 6.92 Å². The van der Waals surface area contributed by atoms with Gasteiger partial charge in [-0.15, -0.1) is 0 Å². The van der Waals surface area contributed by atoms with E-state index in [0.29, 0.717) is 0 Å². The molecule has 5 heteroatoms. The number of aromatic nitrogens is 1. The van der Waals surface area contributed by atoms with Crippen LogP contribution in [-0.2, 0) is 0 Å². The Hall–Kier alpha value is -0.940. The van der Waals surface area contributed by atoms with Gasteiger partial charge < -0.3 is 4.90 Å². The lowest BCUT2D eigenvalue weighted by molar-refractivity contribution is 0.128. The van der Waals surface area contributed by atoms with Gasteiger partial charge >= 0.3 is 0 Å². The van der Waals surface area contributed by atoms with Gasteiger partial charge in [-0.05, 0) is 49.3 Å². The number of nitrogens with zero attached hydrogens (tertiary/aromatic N) is 3. The maximum Gasteiger partial charge on any atom is 0.0713 e. The van der Waals surface area contributed by atoms with Gasteiger partial charge in [-0.1, -0.05) is 23.7 Å². The smallest absolute Gasteiger partial charge is 0.0713 e. The van der Waals surface area contributed by atoms with E-state index in [9.17, 15) is 0 Å². The van der Waals surface area contributed by atoms with Gasteiger partial charge in [-0.2, -0.15) is 4.37 Å². The summed E-state index contributed by atoms with van der Waals surface area (Å²) >= 11 is 7.81. The topological polar surface area (TPSA) is 19.4 Å². The molecule has 0 radical (unpaired) electrons. The van der Waals surface area contributed by atoms with Crippen LogP contribution >= 0.6 is 23.1 Å². The highest BCUT2D eigenvalue weighted by atomic mass is 35.5. The summed E-state index contributed by atoms with van der Waals surface area (Å²) in [4.78, 5) is 6.22. The molecule has 0 N–H and O–H groups in total. The maximum atomic E-state index is 6.20. The van der Waals surface area contributed by atoms with Gasteiger partial charge in [-0.25, -0.2) is 0 Å². The molecule has 2 aromatic rings. The fourth-order valence-electron chi connectivity index (χ4n) is 2.82. The largest absolute Gasteiger partial charge is 0.304 e. The van der Waals surface area contributed by atoms with E-state index in [-0.39, 0.29) is 6.04 Å². The Morgan fingerprint density at radius 3 is 2.57 bits per heavy atom. The van der Waals surface area contributed by atoms with Crippen molar-refractivity contribution in [2.24, 2.45) is 0 Å². The van der Waals surface area contributed by atoms with Crippen LogP contribution < -0.4 is 0 Å². The van der Waals surface area contributed by atoms with E-state index in [4.69, 9.17) is 11.6 Å². The average Bonchev–Trinajstić information content (AvgIpc) is 2.88. The first-order valence-electron chi connectivity index (χ1n) is 7.25. The lowest BCUT2D eigenvalue weighted by atomic mass is 10.0. The molecular weight excluding hydrogens is 302 g/mol. The second kappa shape index (κ2) is 6.44. The molecule has 0 bridgehead atoms. The molecule has 1 aliphatic heterocycles. The van der Waals surface area contributed by atoms with Crippen molar-refractivity contribution in [2.75, 3.05) is 33.2 Å². The molecule has 1 aromatic carbocycles. The maximum absolute atomic E-state index is 6.20. The predicted molar refractivity (Wildman–Crippen MR) is 89.2 cm³/mol. The zero-order chi connectivity index (χ0) is 14.8. The summed E-state index contributed by atoms with van der Waals surface area (Å²) in [6.45, 7) is 6.41. The second-order valence-corrected chi connectivity index (χ2v) is 6.94. The van der Waals surface area contributed by atoms with Crippen LogP contribution in [0.25, 0.3) is 0 Å². The first-order chi connectivity index (χ1) is 10.1. The van der Waals surface area contributed by atoms with Crippen molar-refractivity contribution in [3.05, 3.63) is 51.5 Å². The quantitative estimate of drug-likeness (QED) is 0.863. The molecule has 2 heterocycles. The molecule has 1 atom stereocenters. The third kappa shape index (κ3) is 3.46. The number of benzene rings is 1. The van der Waals surface area contributed by atoms with Gasteiger partial charge in [0.2, 0.25) is 0 Å². The van der Waals surface area contributed by atoms with E-state index < -0.39 is 0 Å². The van der Waals surface area contributed by atoms with Crippen molar-refractivity contribution in [1.29, 1.82) is 0 Å². The molecule has 3 rings (SSSR count). The number of halogens is 1. The minimum absolute atomic E-state index is 0.267. The fraction of sp³-hybridized carbons (Fsp3) is 0.438. The van der Waals surface area contributed by atoms with Gasteiger partial charge in [-0.3, -0.25) is 4.90 Å². The molecule has 1 unspecified atom stereocenters. The van der Waals surface area contributed by atoms with Crippen molar-refractivity contribution in [3.63, 3.8) is 0 Å². The van der Waals surface area contributed by atoms with Crippen LogP contribution in [0.3, 0.4) is 0 Å². The van der Waals surface area contributed by atoms with Gasteiger partial charge in [0.1, 0.15) is 0 Å². The minimum Gasteiger partial charge on any atom is -0.304 e. The Labute approximate surface area is 135 Å². The van der Waals surface area contributed by atoms with Crippen molar-refractivity contribution in [1.82, 2.24) is 14.2 Å². The SMILES string of the molecule is Cc1cc(C(c2cccc(Cl)c2)N2CCN(C)CC2)sn1. The normalized spacial score (nSPS) is 18.8. The predicted octanol–water partition coefficient (Wildman–Crippen LogP) is 3.44. The minimum atomic E-state index is 0.267. The van der Waals surface area contributed by atoms with Gasteiger partial charge in [0.15, 0.2) is 0 Å². The van der Waals surface area contributed by atoms with E-state index >= 15 is 0 Å². The van der Waals surface area contributed by atoms with E-state index in [2.05, 4.69) is 46.3 Å². The average molecular weight is 322 g/mol. The monoisotopic (exact) mass is 321 g/mol. The second-order valence-electron chi connectivity index (χ2n) is 5.67. The van der Waals surface area contributed by atoms with Crippen LogP contribution in [0.15, 0.2) is 30.3 Å². The highest BCUT2D eigenvalue weighted by molar-refractivity contribution is 7.05. The number of piperazine rings is 1. The molecule has 1 saturated heterocycles. The van der Waals surface area contributed by atoms with Crippen molar-refractivity contribution in [2.45, 2.75) is 13.0 Å². The summed E-state index contributed by atoms with van der Waals surface area (Å²) in [5, 5.41) is 0.799. The highest BCUT2D eigenvalue weighted by Crippen LogP contribution is 2.33. The molecule has 0 aliphatic carbocycles. The molecule has 21 heavy (non-hydrogen) atoms. The standard InChI is InChI=1S/C16H20ClN3S/c1-12-10-15(21-18-12)16(13-4-3-5-14(17)11-13)20-8-6-19(2)7-9-20/h3-5,10-11,16H,6-9H2,1-2H3. The number of aryl methyl sites for hydroxylation is 1. The van der Waals surface area contributed by atoms with Crippen molar-refractivity contribution >= 4 is 23.1 Å². The molecular formula is C16H20ClN3S. The van der Waals surface area contributed by atoms with Crippen LogP contribution in [0.5, 0.6) is 0 Å². The summed E-state index contributed by atoms with van der Waals surface area (Å²) in [6, 6.07) is 10.7. The van der Waals surface area contributed by atoms with Crippen molar-refractivity contribution in [3.8, 4) is 0 Å². The summed E-state index contributed by atoms with van der Waals surface area (Å²) in [7, 11) is 2.18. The van der Waals surface area contributed by atoms with E-state index in [1.165, 1.54) is 10.4 Å². The molecule has 1 aromatic heterocycles. The van der Waals surface area contributed by atoms with E-state index in [0.717, 1.165) is 36.9 Å². The number of hydrogen-bond acceptors (Lipinski definition) is 4. The van der Waals surface area contributed by atoms with Gasteiger partial charge in [0, 0.05) is 36.1 Å². The Morgan fingerprint density at radius 1 is 1.19 bits per heavy atom. The summed E-state index contributed by atoms with van der Waals surface area (Å²) in [5.74, 6) is 0. The van der Waals surface area contributed by atoms with Crippen LogP contribution in [0.1, 0.15) is 22.2 Å². The highest BCUT2D eigenvalue weighted by Gasteiger charge is 2.27. The first-order valence-corrected chi connectivity index (χ1v) is 8.40. The zero-order valence-electron chi connectivity index (χ0n) is 12.4. The Kier molecular flexibility index (Phi) is 4.60. The van der Waals surface area contributed by atoms with E-state index in [1.807, 2.05) is 12.1 Å². The number of hydrogen-bond donors (Lipinski definition) is 0. The Morgan fingerprint density at radius 2 is 1.95 bits per heavy atom. The Balaban J connectivity index is 1.95. The fourth-order valence-corrected chi connectivity index (χ4v) is 3.93. The van der Waals surface area contributed by atoms with Crippen LogP contribution in [-0.4, -0.2) is 47.4 Å². The Bertz CT molecular complexity index is 605.